The van der Waals surface area contributed by atoms with Gasteiger partial charge in [0.15, 0.2) is 0 Å². The molecule has 1 heterocycles. The van der Waals surface area contributed by atoms with E-state index in [2.05, 4.69) is 27.9 Å². The molecular weight excluding hydrogens is 575 g/mol. The molecule has 3 unspecified atom stereocenters. The maximum atomic E-state index is 13.9. The highest BCUT2D eigenvalue weighted by Crippen LogP contribution is 2.60. The first kappa shape index (κ1) is 32.2. The maximum absolute atomic E-state index is 13.9. The topological polar surface area (TPSA) is 125 Å². The van der Waals surface area contributed by atoms with Gasteiger partial charge < -0.3 is 25.7 Å². The van der Waals surface area contributed by atoms with Gasteiger partial charge in [0.1, 0.15) is 11.9 Å². The highest BCUT2D eigenvalue weighted by atomic mass is 19.4. The van der Waals surface area contributed by atoms with Crippen LogP contribution in [0, 0.1) is 23.2 Å². The van der Waals surface area contributed by atoms with Crippen molar-refractivity contribution in [1.82, 2.24) is 25.9 Å². The van der Waals surface area contributed by atoms with E-state index in [9.17, 15) is 27.6 Å². The summed E-state index contributed by atoms with van der Waals surface area (Å²) in [6.45, 7) is 6.13. The Balaban J connectivity index is 1.48. The standard InChI is InChI=1S/C32H44F3N5O4/c1-5-36-27(41)24(19-10-7-11-19)39-28(42)31(3,17-44-4)20-12-13-21-22(16-20)38-26(37-21)25(40-29(43)32(33,34)35)23(18-8-6-9-18)30(2)14-15-30/h12-13,16,18-19,23-25H,5-11,14-15,17H2,1-4H3,(H,36,41)(H,37,38)(H,39,42)(H,40,43)/t23?,24-,25?,31?/m1/s1. The van der Waals surface area contributed by atoms with Gasteiger partial charge in [-0.2, -0.15) is 13.2 Å². The molecule has 4 N–H and O–H groups in total. The second-order valence-corrected chi connectivity index (χ2v) is 13.5. The molecule has 0 saturated heterocycles. The number of likely N-dealkylation sites (N-methyl/N-ethyl adjacent to an activating group) is 1. The average molecular weight is 620 g/mol. The normalized spacial score (nSPS) is 21.7. The van der Waals surface area contributed by atoms with E-state index in [-0.39, 0.29) is 47.4 Å². The lowest BCUT2D eigenvalue weighted by atomic mass is 9.66. The number of H-pyrrole nitrogens is 1. The number of benzene rings is 1. The van der Waals surface area contributed by atoms with E-state index in [0.717, 1.165) is 51.4 Å². The Morgan fingerprint density at radius 3 is 2.25 bits per heavy atom. The zero-order valence-corrected chi connectivity index (χ0v) is 25.9. The van der Waals surface area contributed by atoms with Crippen LogP contribution in [-0.2, 0) is 24.5 Å². The highest BCUT2D eigenvalue weighted by Gasteiger charge is 2.54. The van der Waals surface area contributed by atoms with Crippen LogP contribution in [0.15, 0.2) is 18.2 Å². The minimum absolute atomic E-state index is 0.0285. The summed E-state index contributed by atoms with van der Waals surface area (Å²) in [5.74, 6) is -2.20. The van der Waals surface area contributed by atoms with Gasteiger partial charge in [-0.15, -0.1) is 0 Å². The number of carbonyl (C=O) groups is 3. The summed E-state index contributed by atoms with van der Waals surface area (Å²) in [5.41, 5.74) is 0.279. The van der Waals surface area contributed by atoms with Gasteiger partial charge in [-0.25, -0.2) is 4.98 Å². The summed E-state index contributed by atoms with van der Waals surface area (Å²) in [4.78, 5) is 46.9. The molecular formula is C32H44F3N5O4. The van der Waals surface area contributed by atoms with E-state index in [1.165, 1.54) is 7.11 Å². The van der Waals surface area contributed by atoms with Crippen molar-refractivity contribution in [3.8, 4) is 0 Å². The lowest BCUT2D eigenvalue weighted by Crippen LogP contribution is -2.57. The van der Waals surface area contributed by atoms with E-state index in [4.69, 9.17) is 9.72 Å². The second kappa shape index (κ2) is 12.3. The van der Waals surface area contributed by atoms with Crippen LogP contribution in [0.3, 0.4) is 0 Å². The van der Waals surface area contributed by atoms with Crippen molar-refractivity contribution in [3.05, 3.63) is 29.6 Å². The fraction of sp³-hybridized carbons (Fsp3) is 0.688. The van der Waals surface area contributed by atoms with Crippen molar-refractivity contribution < 1.29 is 32.3 Å². The fourth-order valence-electron chi connectivity index (χ4n) is 6.96. The summed E-state index contributed by atoms with van der Waals surface area (Å²) in [6, 6.07) is 3.65. The summed E-state index contributed by atoms with van der Waals surface area (Å²) < 4.78 is 45.9. The quantitative estimate of drug-likeness (QED) is 0.256. The molecule has 3 saturated carbocycles. The molecule has 9 nitrogen and oxygen atoms in total. The summed E-state index contributed by atoms with van der Waals surface area (Å²) in [7, 11) is 1.50. The van der Waals surface area contributed by atoms with Crippen molar-refractivity contribution in [3.63, 3.8) is 0 Å². The van der Waals surface area contributed by atoms with Crippen LogP contribution < -0.4 is 16.0 Å². The number of rotatable bonds is 13. The number of carbonyl (C=O) groups excluding carboxylic acids is 3. The lowest BCUT2D eigenvalue weighted by molar-refractivity contribution is -0.175. The zero-order valence-electron chi connectivity index (χ0n) is 25.9. The third-order valence-corrected chi connectivity index (χ3v) is 10.3. The molecule has 0 bridgehead atoms. The molecule has 1 aromatic carbocycles. The molecule has 3 aliphatic carbocycles. The third-order valence-electron chi connectivity index (χ3n) is 10.3. The van der Waals surface area contributed by atoms with Crippen LogP contribution in [0.25, 0.3) is 11.0 Å². The van der Waals surface area contributed by atoms with Crippen LogP contribution in [0.4, 0.5) is 13.2 Å². The first-order valence-corrected chi connectivity index (χ1v) is 15.8. The predicted octanol–water partition coefficient (Wildman–Crippen LogP) is 4.82. The third kappa shape index (κ3) is 6.32. The van der Waals surface area contributed by atoms with Crippen LogP contribution in [0.1, 0.15) is 89.6 Å². The Kier molecular flexibility index (Phi) is 9.04. The van der Waals surface area contributed by atoms with E-state index in [0.29, 0.717) is 23.1 Å². The number of hydrogen-bond acceptors (Lipinski definition) is 5. The van der Waals surface area contributed by atoms with Crippen molar-refractivity contribution >= 4 is 28.8 Å². The smallest absolute Gasteiger partial charge is 0.383 e. The van der Waals surface area contributed by atoms with Gasteiger partial charge >= 0.3 is 12.1 Å². The minimum Gasteiger partial charge on any atom is -0.383 e. The molecule has 0 aliphatic heterocycles. The fourth-order valence-corrected chi connectivity index (χ4v) is 6.96. The number of alkyl halides is 3. The molecule has 2 aromatic rings. The molecule has 44 heavy (non-hydrogen) atoms. The van der Waals surface area contributed by atoms with Gasteiger partial charge in [0, 0.05) is 13.7 Å². The molecule has 4 atom stereocenters. The Labute approximate surface area is 255 Å². The molecule has 5 rings (SSSR count). The Morgan fingerprint density at radius 1 is 1.07 bits per heavy atom. The summed E-state index contributed by atoms with van der Waals surface area (Å²) >= 11 is 0. The largest absolute Gasteiger partial charge is 0.471 e. The number of nitrogens with one attached hydrogen (secondary N) is 4. The van der Waals surface area contributed by atoms with E-state index in [1.807, 2.05) is 6.92 Å². The number of aromatic nitrogens is 2. The molecule has 1 aromatic heterocycles. The van der Waals surface area contributed by atoms with Crippen molar-refractivity contribution in [2.24, 2.45) is 23.2 Å². The molecule has 0 spiro atoms. The van der Waals surface area contributed by atoms with Gasteiger partial charge in [0.25, 0.3) is 0 Å². The molecule has 3 fully saturated rings. The number of fused-ring (bicyclic) bond motifs is 1. The second-order valence-electron chi connectivity index (χ2n) is 13.5. The van der Waals surface area contributed by atoms with Crippen molar-refractivity contribution in [2.45, 2.75) is 95.8 Å². The molecule has 12 heteroatoms. The Bertz CT molecular complexity index is 1380. The Morgan fingerprint density at radius 2 is 1.73 bits per heavy atom. The Hall–Kier alpha value is -3.15. The maximum Gasteiger partial charge on any atom is 0.471 e. The first-order valence-electron chi connectivity index (χ1n) is 15.8. The van der Waals surface area contributed by atoms with Crippen LogP contribution >= 0.6 is 0 Å². The molecule has 242 valence electrons. The van der Waals surface area contributed by atoms with Crippen molar-refractivity contribution in [1.29, 1.82) is 0 Å². The molecule has 3 amide bonds. The van der Waals surface area contributed by atoms with Gasteiger partial charge in [-0.1, -0.05) is 38.7 Å². The molecule has 0 radical (unpaired) electrons. The SMILES string of the molecule is CCNC(=O)[C@H](NC(=O)C(C)(COC)c1ccc2[nH]c(C(NC(=O)C(F)(F)F)C(C3CCC3)C3(C)CC3)nc2c1)C1CCC1. The van der Waals surface area contributed by atoms with Crippen LogP contribution in [0.2, 0.25) is 0 Å². The van der Waals surface area contributed by atoms with E-state index >= 15 is 0 Å². The number of imidazole rings is 1. The number of amides is 3. The summed E-state index contributed by atoms with van der Waals surface area (Å²) in [6.07, 6.45) is 2.32. The number of methoxy groups -OCH3 is 1. The monoisotopic (exact) mass is 619 g/mol. The van der Waals surface area contributed by atoms with Gasteiger partial charge in [0.05, 0.1) is 29.1 Å². The number of aromatic amines is 1. The van der Waals surface area contributed by atoms with Crippen LogP contribution in [-0.4, -0.2) is 60.2 Å². The van der Waals surface area contributed by atoms with Crippen LogP contribution in [0.5, 0.6) is 0 Å². The van der Waals surface area contributed by atoms with Gasteiger partial charge in [-0.3, -0.25) is 14.4 Å². The molecule has 3 aliphatic rings. The number of ether oxygens (including phenoxy) is 1. The highest BCUT2D eigenvalue weighted by molar-refractivity contribution is 5.94. The van der Waals surface area contributed by atoms with Gasteiger partial charge in [0.2, 0.25) is 11.8 Å². The number of halogens is 3. The van der Waals surface area contributed by atoms with E-state index in [1.54, 1.807) is 25.1 Å². The van der Waals surface area contributed by atoms with Gasteiger partial charge in [-0.05, 0) is 80.4 Å². The zero-order chi connectivity index (χ0) is 31.9. The van der Waals surface area contributed by atoms with Crippen molar-refractivity contribution in [2.75, 3.05) is 20.3 Å². The minimum atomic E-state index is -5.02. The predicted molar refractivity (Wildman–Crippen MR) is 158 cm³/mol. The average Bonchev–Trinajstić information content (AvgIpc) is 3.50. The number of nitrogens with zero attached hydrogens (tertiary/aromatic N) is 1. The lowest BCUT2D eigenvalue weighted by Gasteiger charge is -2.42. The summed E-state index contributed by atoms with van der Waals surface area (Å²) in [5, 5.41) is 8.11. The van der Waals surface area contributed by atoms with E-state index < -0.39 is 29.6 Å². The number of hydrogen-bond donors (Lipinski definition) is 4. The first-order chi connectivity index (χ1) is 20.8.